The van der Waals surface area contributed by atoms with E-state index in [9.17, 15) is 9.59 Å². The van der Waals surface area contributed by atoms with E-state index in [1.54, 1.807) is 94.0 Å². The zero-order chi connectivity index (χ0) is 36.8. The minimum atomic E-state index is -0.435. The SMILES string of the molecule is Brc1cn[nH]c1.CCOC(=O)c1cc(-n2cc(Br)cn2)ccc1Cl.CCOC(=O)c1cc(I)ccc1Cl.CNC1CCCCC1NC.[Cu][I]. The van der Waals surface area contributed by atoms with Crippen LogP contribution in [0.2, 0.25) is 10.0 Å². The Morgan fingerprint density at radius 1 is 0.918 bits per heavy atom. The molecule has 1 fully saturated rings. The number of aromatic nitrogens is 4. The van der Waals surface area contributed by atoms with Gasteiger partial charge in [-0.15, -0.1) is 0 Å². The van der Waals surface area contributed by atoms with Crippen molar-refractivity contribution in [1.82, 2.24) is 30.6 Å². The summed E-state index contributed by atoms with van der Waals surface area (Å²) in [4.78, 5) is 23.0. The summed E-state index contributed by atoms with van der Waals surface area (Å²) in [7, 11) is 4.11. The second-order valence-corrected chi connectivity index (χ2v) is 13.7. The fourth-order valence-corrected chi connectivity index (χ4v) is 5.75. The van der Waals surface area contributed by atoms with Crippen molar-refractivity contribution < 1.29 is 31.8 Å². The topological polar surface area (TPSA) is 123 Å². The maximum atomic E-state index is 11.7. The molecular formula is C32H39Br2Cl2CuI2N6O4. The van der Waals surface area contributed by atoms with Crippen LogP contribution in [0.1, 0.15) is 60.2 Å². The van der Waals surface area contributed by atoms with Crippen LogP contribution in [-0.2, 0) is 22.2 Å². The van der Waals surface area contributed by atoms with Gasteiger partial charge in [-0.1, -0.05) is 36.0 Å². The number of hydrogen-bond acceptors (Lipinski definition) is 8. The van der Waals surface area contributed by atoms with E-state index in [1.807, 2.05) is 6.07 Å². The molecule has 3 N–H and O–H groups in total. The van der Waals surface area contributed by atoms with Gasteiger partial charge in [0.1, 0.15) is 0 Å². The van der Waals surface area contributed by atoms with Crippen LogP contribution in [0, 0.1) is 3.57 Å². The number of carbonyl (C=O) groups excluding carboxylic acids is 2. The second-order valence-electron chi connectivity index (χ2n) is 9.82. The first-order chi connectivity index (χ1) is 23.5. The van der Waals surface area contributed by atoms with E-state index in [0.717, 1.165) is 18.2 Å². The van der Waals surface area contributed by atoms with Gasteiger partial charge in [-0.25, -0.2) is 14.3 Å². The normalized spacial score (nSPS) is 14.6. The van der Waals surface area contributed by atoms with Crippen molar-refractivity contribution in [3.63, 3.8) is 0 Å². The number of nitrogens with zero attached hydrogens (tertiary/aromatic N) is 3. The molecule has 0 radical (unpaired) electrons. The number of H-pyrrole nitrogens is 1. The van der Waals surface area contributed by atoms with Gasteiger partial charge in [0.05, 0.1) is 61.4 Å². The zero-order valence-corrected chi connectivity index (χ0v) is 37.2. The first-order valence-corrected chi connectivity index (χ1v) is 21.4. The monoisotopic (exact) mass is 1120 g/mol. The summed E-state index contributed by atoms with van der Waals surface area (Å²) in [5.41, 5.74) is 1.51. The predicted octanol–water partition coefficient (Wildman–Crippen LogP) is 9.38. The number of hydrogen-bond donors (Lipinski definition) is 3. The fourth-order valence-electron chi connectivity index (χ4n) is 4.38. The third-order valence-electron chi connectivity index (χ3n) is 6.66. The maximum absolute atomic E-state index is 11.7. The number of ether oxygens (including phenoxy) is 2. The van der Waals surface area contributed by atoms with E-state index in [0.29, 0.717) is 46.5 Å². The van der Waals surface area contributed by atoms with Crippen molar-refractivity contribution in [3.8, 4) is 5.69 Å². The van der Waals surface area contributed by atoms with Gasteiger partial charge in [0.15, 0.2) is 0 Å². The van der Waals surface area contributed by atoms with Gasteiger partial charge in [0.25, 0.3) is 0 Å². The molecule has 17 heteroatoms. The Hall–Kier alpha value is -0.761. The number of carbonyl (C=O) groups is 2. The summed E-state index contributed by atoms with van der Waals surface area (Å²) < 4.78 is 14.2. The molecule has 1 aliphatic carbocycles. The molecule has 1 aliphatic rings. The molecule has 5 rings (SSSR count). The molecule has 2 atom stereocenters. The van der Waals surface area contributed by atoms with Crippen molar-refractivity contribution in [3.05, 3.63) is 94.9 Å². The summed E-state index contributed by atoms with van der Waals surface area (Å²) in [6.45, 7) is 4.19. The van der Waals surface area contributed by atoms with Crippen LogP contribution in [0.3, 0.4) is 0 Å². The van der Waals surface area contributed by atoms with Crippen molar-refractivity contribution in [2.75, 3.05) is 27.3 Å². The molecule has 10 nitrogen and oxygen atoms in total. The van der Waals surface area contributed by atoms with Gasteiger partial charge < -0.3 is 20.1 Å². The Morgan fingerprint density at radius 3 is 1.86 bits per heavy atom. The number of likely N-dealkylation sites (N-methyl/N-ethyl adjacent to an activating group) is 2. The molecule has 1 saturated carbocycles. The van der Waals surface area contributed by atoms with Gasteiger partial charge in [-0.3, -0.25) is 5.10 Å². The van der Waals surface area contributed by atoms with Crippen LogP contribution in [0.4, 0.5) is 0 Å². The summed E-state index contributed by atoms with van der Waals surface area (Å²) in [6, 6.07) is 11.7. The van der Waals surface area contributed by atoms with Gasteiger partial charge in [-0.2, -0.15) is 10.2 Å². The summed E-state index contributed by atoms with van der Waals surface area (Å²) in [6.07, 6.45) is 12.4. The molecule has 0 spiro atoms. The molecule has 2 heterocycles. The van der Waals surface area contributed by atoms with E-state index in [2.05, 4.69) is 107 Å². The quantitative estimate of drug-likeness (QED) is 0.0952. The first-order valence-electron chi connectivity index (χ1n) is 14.9. The molecule has 0 amide bonds. The molecule has 0 bridgehead atoms. The molecular weight excluding hydrogens is 1080 g/mol. The Labute approximate surface area is 348 Å². The predicted molar refractivity (Wildman–Crippen MR) is 217 cm³/mol. The number of benzene rings is 2. The minimum absolute atomic E-state index is 0.312. The first kappa shape index (κ1) is 46.3. The molecule has 0 aliphatic heterocycles. The van der Waals surface area contributed by atoms with Crippen LogP contribution >= 0.6 is 98.0 Å². The summed E-state index contributed by atoms with van der Waals surface area (Å²) >= 11 is 26.3. The molecule has 0 saturated heterocycles. The van der Waals surface area contributed by atoms with Crippen LogP contribution in [0.15, 0.2) is 70.1 Å². The van der Waals surface area contributed by atoms with E-state index in [1.165, 1.54) is 25.7 Å². The van der Waals surface area contributed by atoms with Crippen LogP contribution in [0.25, 0.3) is 5.69 Å². The molecule has 2 aromatic carbocycles. The third-order valence-corrected chi connectivity index (χ3v) is 8.83. The van der Waals surface area contributed by atoms with Crippen molar-refractivity contribution in [2.45, 2.75) is 51.6 Å². The van der Waals surface area contributed by atoms with Crippen molar-refractivity contribution >= 4 is 110 Å². The molecule has 274 valence electrons. The molecule has 2 unspecified atom stereocenters. The fraction of sp³-hybridized carbons (Fsp3) is 0.375. The second kappa shape index (κ2) is 26.9. The standard InChI is InChI=1S/C12H10BrClN2O2.C9H8ClIO2.C8H18N2.C3H3BrN2.Cu.HI/c1-2-18-12(17)10-5-9(3-4-11(10)14)16-7-8(13)6-15-16;1-2-13-9(12)7-5-6(11)3-4-8(7)10;1-9-7-5-3-4-6-8(7)10-2;4-3-1-5-6-2-3;;/h3-7H,2H2,1H3;3-5H,2H2,1H3;7-10H,3-6H2,1-2H3;1-2H,(H,5,6);;1H/q;;;;+1;/p-1. The van der Waals surface area contributed by atoms with E-state index in [-0.39, 0.29) is 5.97 Å². The Kier molecular flexibility index (Phi) is 25.4. The number of halogens is 6. The molecule has 2 aromatic heterocycles. The summed E-state index contributed by atoms with van der Waals surface area (Å²) in [5.74, 6) is -0.804. The van der Waals surface area contributed by atoms with E-state index >= 15 is 0 Å². The number of nitrogens with one attached hydrogen (secondary N) is 3. The van der Waals surface area contributed by atoms with E-state index in [4.69, 9.17) is 32.7 Å². The number of esters is 2. The van der Waals surface area contributed by atoms with Crippen molar-refractivity contribution in [1.29, 1.82) is 0 Å². The van der Waals surface area contributed by atoms with Crippen LogP contribution in [0.5, 0.6) is 0 Å². The van der Waals surface area contributed by atoms with Gasteiger partial charge >= 0.3 is 45.0 Å². The Bertz CT molecular complexity index is 1530. The van der Waals surface area contributed by atoms with Gasteiger partial charge in [-0.05, 0) is 132 Å². The zero-order valence-electron chi connectivity index (χ0n) is 27.2. The van der Waals surface area contributed by atoms with Gasteiger partial charge in [0, 0.05) is 28.0 Å². The summed E-state index contributed by atoms with van der Waals surface area (Å²) in [5, 5.41) is 17.9. The van der Waals surface area contributed by atoms with Gasteiger partial charge in [0.2, 0.25) is 0 Å². The average molecular weight is 1120 g/mol. The Morgan fingerprint density at radius 2 is 1.45 bits per heavy atom. The van der Waals surface area contributed by atoms with Crippen molar-refractivity contribution in [2.24, 2.45) is 0 Å². The Balaban J connectivity index is 0.000000341. The number of aromatic amines is 1. The average Bonchev–Trinajstić information content (AvgIpc) is 3.78. The molecule has 49 heavy (non-hydrogen) atoms. The third kappa shape index (κ3) is 17.5. The van der Waals surface area contributed by atoms with E-state index < -0.39 is 5.97 Å². The van der Waals surface area contributed by atoms with Crippen LogP contribution < -0.4 is 10.6 Å². The van der Waals surface area contributed by atoms with Crippen LogP contribution in [-0.4, -0.2) is 71.3 Å². The molecule has 4 aromatic rings. The number of rotatable bonds is 7.